The fourth-order valence-electron chi connectivity index (χ4n) is 13.1. The molecule has 6 aromatic rings. The quantitative estimate of drug-likeness (QED) is 0.0382. The molecule has 6 heterocycles. The number of hydrogen-bond donors (Lipinski definition) is 20. The molecule has 0 saturated carbocycles. The maximum Gasteiger partial charge on any atom is 0.330 e. The zero-order chi connectivity index (χ0) is 80.0. The number of nitrogens with two attached hydrogens (primary N) is 1. The Bertz CT molecular complexity index is 4530. The Morgan fingerprint density at radius 1 is 0.682 bits per heavy atom. The second-order valence-corrected chi connectivity index (χ2v) is 28.4. The van der Waals surface area contributed by atoms with Gasteiger partial charge in [-0.1, -0.05) is 87.1 Å². The number of hydrogen-bond acceptors (Lipinski definition) is 25. The van der Waals surface area contributed by atoms with Crippen LogP contribution in [0.3, 0.4) is 0 Å². The van der Waals surface area contributed by atoms with Gasteiger partial charge in [-0.15, -0.1) is 6.42 Å². The Hall–Kier alpha value is -10.4. The number of halogens is 2. The van der Waals surface area contributed by atoms with E-state index in [0.717, 1.165) is 72.3 Å². The Labute approximate surface area is 638 Å². The number of carbonyl (C=O) groups is 8. The minimum atomic E-state index is -2.38. The number of carboxylic acid groups (broad SMARTS) is 1. The summed E-state index contributed by atoms with van der Waals surface area (Å²) < 4.78 is 32.3. The van der Waals surface area contributed by atoms with E-state index in [1.807, 2.05) is 13.8 Å². The predicted octanol–water partition coefficient (Wildman–Crippen LogP) is 1.76. The van der Waals surface area contributed by atoms with Crippen molar-refractivity contribution >= 4 is 70.5 Å². The topological polar surface area (TPSA) is 528 Å². The molecule has 4 unspecified atom stereocenters. The highest BCUT2D eigenvalue weighted by atomic mass is 35.5. The minimum absolute atomic E-state index is 0.111. The van der Waals surface area contributed by atoms with Crippen LogP contribution in [0.2, 0.25) is 10.0 Å². The van der Waals surface area contributed by atoms with Gasteiger partial charge in [0, 0.05) is 47.3 Å². The van der Waals surface area contributed by atoms with Crippen LogP contribution in [0.15, 0.2) is 103 Å². The number of aliphatic hydroxyl groups excluding tert-OH is 7. The number of rotatable bonds is 20. The molecule has 0 aromatic heterocycles. The van der Waals surface area contributed by atoms with Gasteiger partial charge < -0.3 is 128 Å². The van der Waals surface area contributed by atoms with E-state index in [-0.39, 0.29) is 46.3 Å². The second kappa shape index (κ2) is 35.1. The van der Waals surface area contributed by atoms with E-state index < -0.39 is 244 Å². The highest BCUT2D eigenvalue weighted by Crippen LogP contribution is 2.50. The summed E-state index contributed by atoms with van der Waals surface area (Å²) in [4.78, 5) is 117. The lowest BCUT2D eigenvalue weighted by molar-refractivity contribution is -0.313. The molecule has 21 N–H and O–H groups in total. The first-order chi connectivity index (χ1) is 52.2. The minimum Gasteiger partial charge on any atom is -0.508 e. The Morgan fingerprint density at radius 2 is 1.29 bits per heavy atom. The number of aliphatic hydroxyl groups is 7. The number of primary amides is 1. The Balaban J connectivity index is 1.21. The summed E-state index contributed by atoms with van der Waals surface area (Å²) in [5.74, 6) is -14.2. The van der Waals surface area contributed by atoms with Gasteiger partial charge in [-0.25, -0.2) is 4.79 Å². The van der Waals surface area contributed by atoms with Crippen molar-refractivity contribution in [1.82, 2.24) is 42.5 Å². The van der Waals surface area contributed by atoms with Crippen LogP contribution in [0.1, 0.15) is 116 Å². The molecular formula is C75H83Cl2N9O24. The molecule has 110 heavy (non-hydrogen) atoms. The number of aliphatic carboxylic acids is 1. The number of aromatic hydroxyl groups is 3. The van der Waals surface area contributed by atoms with Gasteiger partial charge in [0.2, 0.25) is 53.4 Å². The average molecular weight is 1570 g/mol. The first-order valence-electron chi connectivity index (χ1n) is 34.7. The van der Waals surface area contributed by atoms with Crippen LogP contribution in [0, 0.1) is 24.2 Å². The normalized spacial score (nSPS) is 24.6. The number of ether oxygens (including phenoxy) is 5. The number of carbonyl (C=O) groups excluding carboxylic acids is 7. The summed E-state index contributed by atoms with van der Waals surface area (Å²) in [6, 6.07) is 4.95. The van der Waals surface area contributed by atoms with Gasteiger partial charge >= 0.3 is 5.97 Å². The molecule has 7 amide bonds. The van der Waals surface area contributed by atoms with Crippen molar-refractivity contribution in [2.45, 2.75) is 157 Å². The molecule has 33 nitrogen and oxygen atoms in total. The average Bonchev–Trinajstić information content (AvgIpc) is 0.767. The smallest absolute Gasteiger partial charge is 0.330 e. The highest BCUT2D eigenvalue weighted by molar-refractivity contribution is 6.32. The molecule has 35 heteroatoms. The van der Waals surface area contributed by atoms with E-state index >= 15 is 14.4 Å². The van der Waals surface area contributed by atoms with E-state index in [4.69, 9.17) is 59.0 Å². The molecule has 6 aliphatic rings. The number of phenols is 3. The SMILES string of the molecule is C#Cc1ccc(CNC(C[C@@H](O)O[C@H]2C(Oc3c4cc5cc3Oc3ccc(cc3Cl)[C@@H](O)[C@@H](NC(=O)[C@@H](CC(C)C)NC)C(=O)N[C@@H](CC(N)=O)C(=O)N[C@H]5C(=O)N[C@@H]3C(=O)N[C@H](C(=O)N[C@H](C(=O)O)c5cc(O)cc(O)c5-c5cc3ccc5O)[C@H](O)c3ccc(c(Cl)c3)O4)O[C@H](CO)C(O)C2O)[C@H](O)C(C)C)cc1. The maximum atomic E-state index is 16.1. The number of nitrogens with one attached hydrogen (secondary N) is 8. The van der Waals surface area contributed by atoms with Crippen molar-refractivity contribution in [3.63, 3.8) is 0 Å². The zero-order valence-corrected chi connectivity index (χ0v) is 61.0. The monoisotopic (exact) mass is 1560 g/mol. The molecule has 0 radical (unpaired) electrons. The molecule has 6 aromatic carbocycles. The van der Waals surface area contributed by atoms with Gasteiger partial charge in [0.15, 0.2) is 29.9 Å². The molecule has 6 aliphatic heterocycles. The van der Waals surface area contributed by atoms with Crippen LogP contribution in [0.25, 0.3) is 11.1 Å². The molecule has 12 rings (SSSR count). The van der Waals surface area contributed by atoms with Crippen LogP contribution in [0.5, 0.6) is 46.0 Å². The third kappa shape index (κ3) is 18.5. The molecule has 1 saturated heterocycles. The van der Waals surface area contributed by atoms with Crippen molar-refractivity contribution in [3.05, 3.63) is 152 Å². The predicted molar refractivity (Wildman–Crippen MR) is 388 cm³/mol. The van der Waals surface area contributed by atoms with Gasteiger partial charge in [0.05, 0.1) is 35.2 Å². The Morgan fingerprint density at radius 3 is 1.87 bits per heavy atom. The van der Waals surface area contributed by atoms with Crippen LogP contribution in [-0.4, -0.2) is 190 Å². The van der Waals surface area contributed by atoms with Crippen molar-refractivity contribution in [1.29, 1.82) is 0 Å². The lowest BCUT2D eigenvalue weighted by Crippen LogP contribution is -2.61. The summed E-state index contributed by atoms with van der Waals surface area (Å²) >= 11 is 14.2. The van der Waals surface area contributed by atoms with E-state index in [1.54, 1.807) is 38.1 Å². The van der Waals surface area contributed by atoms with Crippen molar-refractivity contribution < 1.29 is 118 Å². The highest BCUT2D eigenvalue weighted by Gasteiger charge is 2.49. The lowest BCUT2D eigenvalue weighted by atomic mass is 9.89. The maximum absolute atomic E-state index is 16.1. The van der Waals surface area contributed by atoms with Crippen molar-refractivity contribution in [2.24, 2.45) is 17.6 Å². The van der Waals surface area contributed by atoms with Crippen molar-refractivity contribution in [3.8, 4) is 69.5 Å². The number of likely N-dealkylation sites (N-methyl/N-ethyl adjacent to an activating group) is 1. The second-order valence-electron chi connectivity index (χ2n) is 27.5. The third-order valence-corrected chi connectivity index (χ3v) is 19.5. The van der Waals surface area contributed by atoms with Gasteiger partial charge in [-0.3, -0.25) is 33.6 Å². The third-order valence-electron chi connectivity index (χ3n) is 18.9. The van der Waals surface area contributed by atoms with Gasteiger partial charge in [0.1, 0.15) is 89.5 Å². The summed E-state index contributed by atoms with van der Waals surface area (Å²) in [5, 5.41) is 147. The number of amides is 7. The number of terminal acetylenes is 1. The molecular weight excluding hydrogens is 1480 g/mol. The lowest BCUT2D eigenvalue weighted by Gasteiger charge is -2.42. The van der Waals surface area contributed by atoms with Gasteiger partial charge in [0.25, 0.3) is 0 Å². The zero-order valence-electron chi connectivity index (χ0n) is 59.5. The van der Waals surface area contributed by atoms with E-state index in [1.165, 1.54) is 19.2 Å². The van der Waals surface area contributed by atoms with Crippen LogP contribution in [-0.2, 0) is 54.4 Å². The summed E-state index contributed by atoms with van der Waals surface area (Å²) in [6.45, 7) is 6.17. The fraction of sp³-hybridized carbons (Fsp3) is 0.387. The van der Waals surface area contributed by atoms with Crippen molar-refractivity contribution in [2.75, 3.05) is 13.7 Å². The number of phenolic OH excluding ortho intramolecular Hbond substituents is 3. The van der Waals surface area contributed by atoms with E-state index in [0.29, 0.717) is 5.56 Å². The molecule has 0 aliphatic carbocycles. The molecule has 1 fully saturated rings. The molecule has 0 spiro atoms. The van der Waals surface area contributed by atoms with Crippen LogP contribution >= 0.6 is 23.2 Å². The van der Waals surface area contributed by atoms with E-state index in [2.05, 4.69) is 48.5 Å². The first-order valence-corrected chi connectivity index (χ1v) is 35.4. The summed E-state index contributed by atoms with van der Waals surface area (Å²) in [5.41, 5.74) is 4.13. The largest absolute Gasteiger partial charge is 0.508 e. The number of fused-ring (bicyclic) bond motifs is 15. The van der Waals surface area contributed by atoms with E-state index in [9.17, 15) is 80.1 Å². The number of carboxylic acids is 1. The standard InChI is InChI=1S/C75H83Cl2N9O24/c1-7-32-8-10-33(11-9-32)28-80-43(61(93)31(4)5)27-54(92)109-67-65(97)64(96)52(29-87)108-75(67)110-66-50-22-37-23-51(66)107-49-17-14-36(21-42(49)77)63(95)60-73(103)84-58(74(104)105)40-24-38(88)25-47(90)55(40)39-19-34(12-15-46(39)89)56(70(100)86-60)83-71(101)57(37)82-69(99)45(26-53(78)91)81-72(102)59(85-68(98)44(79-6)18-30(2)3)62(94)35-13-16-48(106-50)41(76)20-35/h1,8-17,19-25,30-31,43-45,52,54,56-65,67,75,79-80,87-90,92-97H,18,26-29H2,2-6H3,(H2,78,91)(H,81,102)(H,82,99)(H,83,101)(H,84,103)(H,85,98)(H,86,100)(H,104,105)/t43?,44-,45+,52-,54+,56+,57-,58+,59-,60+,61-,62-,63-,64?,65?,67-,75?/m1/s1. The summed E-state index contributed by atoms with van der Waals surface area (Å²) in [7, 11) is 1.47. The molecule has 11 bridgehead atoms. The molecule has 17 atom stereocenters. The molecule has 586 valence electrons. The number of benzene rings is 6. The Kier molecular flexibility index (Phi) is 26.2. The van der Waals surface area contributed by atoms with Crippen LogP contribution < -0.4 is 62.5 Å². The van der Waals surface area contributed by atoms with Crippen LogP contribution in [0.4, 0.5) is 0 Å². The summed E-state index contributed by atoms with van der Waals surface area (Å²) in [6.07, 6.45) is -13.3. The van der Waals surface area contributed by atoms with Gasteiger partial charge in [-0.05, 0) is 120 Å². The van der Waals surface area contributed by atoms with Gasteiger partial charge in [-0.2, -0.15) is 0 Å². The first kappa shape index (κ1) is 82.1. The fourth-order valence-corrected chi connectivity index (χ4v) is 13.5.